The van der Waals surface area contributed by atoms with E-state index in [1.165, 1.54) is 11.1 Å². The van der Waals surface area contributed by atoms with E-state index in [1.807, 2.05) is 0 Å². The highest BCUT2D eigenvalue weighted by Gasteiger charge is 2.28. The molecule has 0 aromatic heterocycles. The first-order valence-electron chi connectivity index (χ1n) is 7.69. The lowest BCUT2D eigenvalue weighted by Crippen LogP contribution is -2.32. The maximum Gasteiger partial charge on any atom is 0.0648 e. The molecule has 2 aromatic rings. The van der Waals surface area contributed by atoms with Gasteiger partial charge in [-0.25, -0.2) is 0 Å². The molecular formula is C20H26O. The minimum atomic E-state index is -0.109. The molecule has 2 rings (SSSR count). The van der Waals surface area contributed by atoms with E-state index in [4.69, 9.17) is 4.74 Å². The molecule has 1 heteroatoms. The molecule has 0 saturated carbocycles. The van der Waals surface area contributed by atoms with Crippen molar-refractivity contribution in [2.24, 2.45) is 5.92 Å². The van der Waals surface area contributed by atoms with Crippen LogP contribution in [0.1, 0.15) is 44.2 Å². The maximum absolute atomic E-state index is 5.67. The van der Waals surface area contributed by atoms with Crippen LogP contribution < -0.4 is 0 Å². The van der Waals surface area contributed by atoms with Crippen molar-refractivity contribution < 1.29 is 4.74 Å². The van der Waals surface area contributed by atoms with Crippen LogP contribution in [0, 0.1) is 5.92 Å². The molecule has 1 unspecified atom stereocenters. The zero-order valence-corrected chi connectivity index (χ0v) is 13.5. The summed E-state index contributed by atoms with van der Waals surface area (Å²) in [5, 5.41) is 0. The van der Waals surface area contributed by atoms with Crippen molar-refractivity contribution in [2.75, 3.05) is 7.11 Å². The Hall–Kier alpha value is -1.60. The molecule has 0 aliphatic heterocycles. The highest BCUT2D eigenvalue weighted by Crippen LogP contribution is 2.35. The first kappa shape index (κ1) is 15.8. The topological polar surface area (TPSA) is 9.23 Å². The predicted molar refractivity (Wildman–Crippen MR) is 89.6 cm³/mol. The summed E-state index contributed by atoms with van der Waals surface area (Å²) in [4.78, 5) is 0. The fourth-order valence-corrected chi connectivity index (χ4v) is 2.67. The Balaban J connectivity index is 2.30. The molecule has 0 N–H and O–H groups in total. The molecule has 0 aliphatic rings. The van der Waals surface area contributed by atoms with Crippen molar-refractivity contribution in [2.45, 2.75) is 38.7 Å². The maximum atomic E-state index is 5.67. The predicted octanol–water partition coefficient (Wildman–Crippen LogP) is 5.27. The van der Waals surface area contributed by atoms with Crippen LogP contribution in [0.3, 0.4) is 0 Å². The first-order valence-corrected chi connectivity index (χ1v) is 7.69. The highest BCUT2D eigenvalue weighted by atomic mass is 16.5. The molecule has 21 heavy (non-hydrogen) atoms. The first-order chi connectivity index (χ1) is 10.0. The van der Waals surface area contributed by atoms with Crippen molar-refractivity contribution >= 4 is 0 Å². The summed E-state index contributed by atoms with van der Waals surface area (Å²) in [6.07, 6.45) is 1.08. The van der Waals surface area contributed by atoms with Crippen LogP contribution in [0.2, 0.25) is 0 Å². The van der Waals surface area contributed by atoms with Crippen molar-refractivity contribution in [3.8, 4) is 0 Å². The Morgan fingerprint density at radius 2 is 1.29 bits per heavy atom. The van der Waals surface area contributed by atoms with E-state index in [9.17, 15) is 0 Å². The molecule has 0 amide bonds. The van der Waals surface area contributed by atoms with Gasteiger partial charge in [0.2, 0.25) is 0 Å². The van der Waals surface area contributed by atoms with Gasteiger partial charge in [0.25, 0.3) is 0 Å². The Morgan fingerprint density at radius 1 is 0.857 bits per heavy atom. The number of methoxy groups -OCH3 is 1. The second-order valence-electron chi connectivity index (χ2n) is 6.32. The summed E-state index contributed by atoms with van der Waals surface area (Å²) < 4.78 is 5.67. The third-order valence-electron chi connectivity index (χ3n) is 4.71. The molecule has 1 atom stereocenters. The Labute approximate surface area is 129 Å². The second kappa shape index (κ2) is 6.91. The Bertz CT molecular complexity index is 491. The highest BCUT2D eigenvalue weighted by molar-refractivity contribution is 5.32. The van der Waals surface area contributed by atoms with Gasteiger partial charge in [0.1, 0.15) is 0 Å². The number of hydrogen-bond acceptors (Lipinski definition) is 1. The number of benzene rings is 2. The molecule has 112 valence electrons. The van der Waals surface area contributed by atoms with E-state index < -0.39 is 0 Å². The van der Waals surface area contributed by atoms with Crippen LogP contribution in [0.4, 0.5) is 0 Å². The third kappa shape index (κ3) is 3.95. The molecular weight excluding hydrogens is 256 g/mol. The van der Waals surface area contributed by atoms with Gasteiger partial charge in [0.15, 0.2) is 0 Å². The molecule has 0 heterocycles. The summed E-state index contributed by atoms with van der Waals surface area (Å²) in [6.45, 7) is 6.62. The summed E-state index contributed by atoms with van der Waals surface area (Å²) >= 11 is 0. The van der Waals surface area contributed by atoms with Crippen LogP contribution in [-0.4, -0.2) is 12.7 Å². The summed E-state index contributed by atoms with van der Waals surface area (Å²) in [6, 6.07) is 21.6. The van der Waals surface area contributed by atoms with Crippen molar-refractivity contribution in [3.63, 3.8) is 0 Å². The molecule has 0 aliphatic carbocycles. The van der Waals surface area contributed by atoms with E-state index in [-0.39, 0.29) is 5.60 Å². The normalized spacial score (nSPS) is 13.4. The lowest BCUT2D eigenvalue weighted by molar-refractivity contribution is -0.0255. The number of rotatable bonds is 6. The molecule has 1 nitrogen and oxygen atoms in total. The van der Waals surface area contributed by atoms with Gasteiger partial charge in [0.05, 0.1) is 5.60 Å². The second-order valence-corrected chi connectivity index (χ2v) is 6.32. The van der Waals surface area contributed by atoms with Gasteiger partial charge >= 0.3 is 0 Å². The van der Waals surface area contributed by atoms with Gasteiger partial charge in [-0.15, -0.1) is 0 Å². The SMILES string of the molecule is COC(C)(C)C(C)CC(c1ccccc1)c1ccccc1. The molecule has 2 aromatic carbocycles. The average molecular weight is 282 g/mol. The lowest BCUT2D eigenvalue weighted by Gasteiger charge is -2.33. The number of ether oxygens (including phenoxy) is 1. The average Bonchev–Trinajstić information content (AvgIpc) is 2.54. The van der Waals surface area contributed by atoms with Gasteiger partial charge in [0, 0.05) is 13.0 Å². The Morgan fingerprint density at radius 3 is 1.67 bits per heavy atom. The van der Waals surface area contributed by atoms with E-state index >= 15 is 0 Å². The summed E-state index contributed by atoms with van der Waals surface area (Å²) in [5.41, 5.74) is 2.65. The molecule has 0 fully saturated rings. The minimum absolute atomic E-state index is 0.109. The standard InChI is InChI=1S/C20H26O/c1-16(20(2,3)21-4)15-19(17-11-7-5-8-12-17)18-13-9-6-10-14-18/h5-14,16,19H,15H2,1-4H3. The molecule has 0 spiro atoms. The van der Waals surface area contributed by atoms with Crippen molar-refractivity contribution in [3.05, 3.63) is 71.8 Å². The van der Waals surface area contributed by atoms with Gasteiger partial charge in [-0.1, -0.05) is 67.6 Å². The van der Waals surface area contributed by atoms with Gasteiger partial charge < -0.3 is 4.74 Å². The molecule has 0 bridgehead atoms. The van der Waals surface area contributed by atoms with Crippen LogP contribution >= 0.6 is 0 Å². The zero-order chi connectivity index (χ0) is 15.3. The van der Waals surface area contributed by atoms with Crippen molar-refractivity contribution in [1.29, 1.82) is 0 Å². The third-order valence-corrected chi connectivity index (χ3v) is 4.71. The van der Waals surface area contributed by atoms with Crippen LogP contribution in [0.5, 0.6) is 0 Å². The van der Waals surface area contributed by atoms with E-state index in [0.29, 0.717) is 11.8 Å². The fourth-order valence-electron chi connectivity index (χ4n) is 2.67. The molecule has 0 saturated heterocycles. The van der Waals surface area contributed by atoms with Gasteiger partial charge in [-0.05, 0) is 37.3 Å². The van der Waals surface area contributed by atoms with Gasteiger partial charge in [-0.2, -0.15) is 0 Å². The quantitative estimate of drug-likeness (QED) is 0.701. The monoisotopic (exact) mass is 282 g/mol. The summed E-state index contributed by atoms with van der Waals surface area (Å²) in [5.74, 6) is 0.879. The number of hydrogen-bond donors (Lipinski definition) is 0. The van der Waals surface area contributed by atoms with E-state index in [0.717, 1.165) is 6.42 Å². The molecule has 0 radical (unpaired) electrons. The summed E-state index contributed by atoms with van der Waals surface area (Å²) in [7, 11) is 1.80. The van der Waals surface area contributed by atoms with Crippen LogP contribution in [0.25, 0.3) is 0 Å². The smallest absolute Gasteiger partial charge is 0.0648 e. The largest absolute Gasteiger partial charge is 0.379 e. The Kier molecular flexibility index (Phi) is 5.19. The van der Waals surface area contributed by atoms with E-state index in [1.54, 1.807) is 7.11 Å². The lowest BCUT2D eigenvalue weighted by atomic mass is 9.79. The van der Waals surface area contributed by atoms with Gasteiger partial charge in [-0.3, -0.25) is 0 Å². The van der Waals surface area contributed by atoms with Crippen LogP contribution in [0.15, 0.2) is 60.7 Å². The van der Waals surface area contributed by atoms with Crippen molar-refractivity contribution in [1.82, 2.24) is 0 Å². The van der Waals surface area contributed by atoms with Crippen LogP contribution in [-0.2, 0) is 4.74 Å². The van der Waals surface area contributed by atoms with E-state index in [2.05, 4.69) is 81.4 Å². The minimum Gasteiger partial charge on any atom is -0.379 e. The zero-order valence-electron chi connectivity index (χ0n) is 13.5. The fraction of sp³-hybridized carbons (Fsp3) is 0.400.